The molecule has 1 aromatic rings. The first-order valence-electron chi connectivity index (χ1n) is 15.2. The van der Waals surface area contributed by atoms with Crippen LogP contribution in [0.5, 0.6) is 5.75 Å². The Bertz CT molecular complexity index is 1230. The molecule has 3 N–H and O–H groups in total. The second-order valence-corrected chi connectivity index (χ2v) is 12.8. The molecule has 2 aliphatic carbocycles. The summed E-state index contributed by atoms with van der Waals surface area (Å²) >= 11 is 0. The number of benzene rings is 1. The lowest BCUT2D eigenvalue weighted by molar-refractivity contribution is -0.166. The largest absolute Gasteiger partial charge is 0.506 e. The van der Waals surface area contributed by atoms with E-state index in [-0.39, 0.29) is 53.4 Å². The highest BCUT2D eigenvalue weighted by molar-refractivity contribution is 6.01. The number of ketones is 1. The normalized spacial score (nSPS) is 28.4. The Balaban J connectivity index is 0.000000326. The van der Waals surface area contributed by atoms with Crippen LogP contribution in [-0.2, 0) is 19.1 Å². The number of allylic oxidation sites excluding steroid dienone is 3. The Kier molecular flexibility index (Phi) is 11.4. The van der Waals surface area contributed by atoms with Gasteiger partial charge in [0.1, 0.15) is 23.5 Å². The zero-order valence-corrected chi connectivity index (χ0v) is 26.0. The molecule has 1 aromatic carbocycles. The molecule has 0 aromatic heterocycles. The number of fused-ring (bicyclic) bond motifs is 1. The van der Waals surface area contributed by atoms with Gasteiger partial charge in [0.05, 0.1) is 23.5 Å². The molecule has 9 heteroatoms. The van der Waals surface area contributed by atoms with Crippen molar-refractivity contribution in [2.45, 2.75) is 98.4 Å². The van der Waals surface area contributed by atoms with Crippen LogP contribution in [0.4, 0.5) is 0 Å². The molecule has 0 saturated carbocycles. The summed E-state index contributed by atoms with van der Waals surface area (Å²) in [5, 5.41) is 27.8. The molecule has 1 aliphatic heterocycles. The van der Waals surface area contributed by atoms with Crippen LogP contribution >= 0.6 is 0 Å². The minimum Gasteiger partial charge on any atom is -0.506 e. The van der Waals surface area contributed by atoms with Crippen molar-refractivity contribution in [3.8, 4) is 5.75 Å². The summed E-state index contributed by atoms with van der Waals surface area (Å²) in [7, 11) is 0. The molecule has 236 valence electrons. The van der Waals surface area contributed by atoms with E-state index in [1.54, 1.807) is 0 Å². The van der Waals surface area contributed by atoms with Crippen molar-refractivity contribution in [3.05, 3.63) is 53.1 Å². The molecule has 4 rings (SSSR count). The van der Waals surface area contributed by atoms with Crippen molar-refractivity contribution in [1.82, 2.24) is 0 Å². The zero-order valence-electron chi connectivity index (χ0n) is 26.0. The fraction of sp³-hybridized carbons (Fsp3) is 0.588. The Labute approximate surface area is 254 Å². The van der Waals surface area contributed by atoms with E-state index in [2.05, 4.69) is 32.1 Å². The fourth-order valence-corrected chi connectivity index (χ4v) is 6.08. The number of aromatic hydroxyl groups is 1. The molecular weight excluding hydrogens is 552 g/mol. The van der Waals surface area contributed by atoms with Crippen molar-refractivity contribution in [2.24, 2.45) is 29.1 Å². The number of aromatic carboxylic acids is 1. The Morgan fingerprint density at radius 3 is 2.37 bits per heavy atom. The molecule has 1 fully saturated rings. The quantitative estimate of drug-likeness (QED) is 0.246. The number of carbonyl (C=O) groups is 4. The lowest BCUT2D eigenvalue weighted by Gasteiger charge is -2.44. The molecule has 43 heavy (non-hydrogen) atoms. The number of aliphatic hydroxyl groups is 1. The topological polar surface area (TPSA) is 147 Å². The number of para-hydroxylation sites is 1. The van der Waals surface area contributed by atoms with Crippen LogP contribution in [0, 0.1) is 29.1 Å². The summed E-state index contributed by atoms with van der Waals surface area (Å²) in [5.74, 6) is -1.30. The number of hydrogen-bond donors (Lipinski definition) is 3. The maximum Gasteiger partial charge on any atom is 0.339 e. The average Bonchev–Trinajstić information content (AvgIpc) is 2.92. The highest BCUT2D eigenvalue weighted by Gasteiger charge is 2.43. The van der Waals surface area contributed by atoms with Gasteiger partial charge in [0.2, 0.25) is 0 Å². The number of hydrogen-bond acceptors (Lipinski definition) is 8. The first-order chi connectivity index (χ1) is 20.1. The maximum atomic E-state index is 12.9. The van der Waals surface area contributed by atoms with Gasteiger partial charge < -0.3 is 24.8 Å². The minimum absolute atomic E-state index is 0.0277. The molecule has 0 amide bonds. The molecular formula is C34H46O9. The standard InChI is InChI=1S/C25H38O5.C9H8O4/c1-6-25(4,5)24(28)30-21-12-15(2)11-17-8-7-16(3)20(23(17)21)10-9-19-13-18(26)14-22(27)29-19;1-5(10)6-3-2-4-7(8(6)11)9(12)13/h7-8,11,15-16,18-21,23,26H,6,9-10,12-14H2,1-5H3;2-4,11H,1H3,(H,12,13)/t15-,16-,18+,19+,20-,21-,23-;/m0./s1. The third kappa shape index (κ3) is 8.56. The summed E-state index contributed by atoms with van der Waals surface area (Å²) in [6.45, 7) is 11.6. The first-order valence-corrected chi connectivity index (χ1v) is 15.2. The van der Waals surface area contributed by atoms with Crippen molar-refractivity contribution >= 4 is 23.7 Å². The van der Waals surface area contributed by atoms with Gasteiger partial charge in [-0.1, -0.05) is 45.1 Å². The summed E-state index contributed by atoms with van der Waals surface area (Å²) in [5.41, 5.74) is 0.556. The molecule has 1 saturated heterocycles. The van der Waals surface area contributed by atoms with Gasteiger partial charge in [-0.3, -0.25) is 14.4 Å². The highest BCUT2D eigenvalue weighted by Crippen LogP contribution is 2.45. The third-order valence-electron chi connectivity index (χ3n) is 8.99. The zero-order chi connectivity index (χ0) is 32.1. The second-order valence-electron chi connectivity index (χ2n) is 12.8. The predicted octanol–water partition coefficient (Wildman–Crippen LogP) is 5.88. The van der Waals surface area contributed by atoms with E-state index in [9.17, 15) is 29.4 Å². The number of Topliss-reactive ketones (excluding diaryl/α,β-unsaturated/α-hetero) is 1. The van der Waals surface area contributed by atoms with Gasteiger partial charge >= 0.3 is 17.9 Å². The summed E-state index contributed by atoms with van der Waals surface area (Å²) in [6.07, 6.45) is 9.61. The molecule has 9 nitrogen and oxygen atoms in total. The SMILES string of the molecule is CC(=O)c1cccc(C(=O)O)c1O.CCC(C)(C)C(=O)O[C@H]1C[C@@H](C)C=C2C=C[C@H](C)[C@H](CC[C@@H]3C[C@@H](O)CC(=O)O3)[C@H]21. The molecule has 0 spiro atoms. The van der Waals surface area contributed by atoms with Crippen LogP contribution in [0.3, 0.4) is 0 Å². The second kappa shape index (κ2) is 14.3. The molecule has 0 radical (unpaired) electrons. The van der Waals surface area contributed by atoms with E-state index < -0.39 is 23.2 Å². The summed E-state index contributed by atoms with van der Waals surface area (Å²) in [4.78, 5) is 46.0. The van der Waals surface area contributed by atoms with Gasteiger partial charge in [-0.05, 0) is 81.9 Å². The highest BCUT2D eigenvalue weighted by atomic mass is 16.6. The monoisotopic (exact) mass is 598 g/mol. The van der Waals surface area contributed by atoms with Gasteiger partial charge in [0, 0.05) is 12.3 Å². The van der Waals surface area contributed by atoms with Gasteiger partial charge in [-0.15, -0.1) is 0 Å². The molecule has 3 aliphatic rings. The molecule has 1 heterocycles. The number of carbonyl (C=O) groups excluding carboxylic acids is 3. The van der Waals surface area contributed by atoms with Crippen molar-refractivity contribution in [2.75, 3.05) is 0 Å². The van der Waals surface area contributed by atoms with E-state index in [4.69, 9.17) is 14.6 Å². The number of phenols is 1. The van der Waals surface area contributed by atoms with Gasteiger partial charge in [-0.2, -0.15) is 0 Å². The minimum atomic E-state index is -1.25. The van der Waals surface area contributed by atoms with Crippen molar-refractivity contribution < 1.29 is 44.0 Å². The van der Waals surface area contributed by atoms with E-state index in [0.717, 1.165) is 25.7 Å². The smallest absolute Gasteiger partial charge is 0.339 e. The Hall–Kier alpha value is -3.46. The first kappa shape index (κ1) is 34.0. The van der Waals surface area contributed by atoms with Gasteiger partial charge in [-0.25, -0.2) is 4.79 Å². The lowest BCUT2D eigenvalue weighted by atomic mass is 9.65. The van der Waals surface area contributed by atoms with Crippen LogP contribution in [0.25, 0.3) is 0 Å². The van der Waals surface area contributed by atoms with Crippen LogP contribution < -0.4 is 0 Å². The third-order valence-corrected chi connectivity index (χ3v) is 8.99. The van der Waals surface area contributed by atoms with Crippen molar-refractivity contribution in [3.63, 3.8) is 0 Å². The number of ether oxygens (including phenoxy) is 2. The van der Waals surface area contributed by atoms with Gasteiger partial charge in [0.15, 0.2) is 5.78 Å². The molecule has 0 unspecified atom stereocenters. The summed E-state index contributed by atoms with van der Waals surface area (Å²) < 4.78 is 11.6. The number of aliphatic hydroxyl groups excluding tert-OH is 1. The average molecular weight is 599 g/mol. The fourth-order valence-electron chi connectivity index (χ4n) is 6.08. The van der Waals surface area contributed by atoms with E-state index in [0.29, 0.717) is 24.2 Å². The number of esters is 2. The molecule has 0 bridgehead atoms. The van der Waals surface area contributed by atoms with Crippen LogP contribution in [0.15, 0.2) is 42.0 Å². The summed E-state index contributed by atoms with van der Waals surface area (Å²) in [6, 6.07) is 4.04. The number of rotatable bonds is 8. The number of cyclic esters (lactones) is 1. The van der Waals surface area contributed by atoms with Crippen LogP contribution in [-0.4, -0.2) is 57.3 Å². The molecule has 7 atom stereocenters. The number of carboxylic acid groups (broad SMARTS) is 1. The van der Waals surface area contributed by atoms with Crippen molar-refractivity contribution in [1.29, 1.82) is 0 Å². The van der Waals surface area contributed by atoms with Gasteiger partial charge in [0.25, 0.3) is 0 Å². The van der Waals surface area contributed by atoms with E-state index >= 15 is 0 Å². The lowest BCUT2D eigenvalue weighted by Crippen LogP contribution is -2.43. The van der Waals surface area contributed by atoms with E-state index in [1.165, 1.54) is 30.7 Å². The predicted molar refractivity (Wildman–Crippen MR) is 161 cm³/mol. The van der Waals surface area contributed by atoms with Crippen LogP contribution in [0.1, 0.15) is 101 Å². The Morgan fingerprint density at radius 1 is 1.09 bits per heavy atom. The van der Waals surface area contributed by atoms with Crippen LogP contribution in [0.2, 0.25) is 0 Å². The Morgan fingerprint density at radius 2 is 1.77 bits per heavy atom. The number of carboxylic acids is 1. The maximum absolute atomic E-state index is 12.9. The van der Waals surface area contributed by atoms with E-state index in [1.807, 2.05) is 20.8 Å².